The lowest BCUT2D eigenvalue weighted by Crippen LogP contribution is -2.19. The zero-order valence-corrected chi connectivity index (χ0v) is 13.0. The van der Waals surface area contributed by atoms with E-state index in [1.807, 2.05) is 0 Å². The van der Waals surface area contributed by atoms with Gasteiger partial charge in [-0.1, -0.05) is 12.1 Å². The Morgan fingerprint density at radius 3 is 2.38 bits per heavy atom. The molecule has 0 aliphatic heterocycles. The van der Waals surface area contributed by atoms with Crippen molar-refractivity contribution in [3.63, 3.8) is 0 Å². The molecule has 0 fully saturated rings. The van der Waals surface area contributed by atoms with Crippen molar-refractivity contribution >= 4 is 0 Å². The number of hydrogen-bond donors (Lipinski definition) is 0. The van der Waals surface area contributed by atoms with Gasteiger partial charge in [-0.3, -0.25) is 4.79 Å². The molecule has 10 heteroatoms. The van der Waals surface area contributed by atoms with Crippen molar-refractivity contribution in [2.75, 3.05) is 0 Å². The zero-order valence-electron chi connectivity index (χ0n) is 13.0. The lowest BCUT2D eigenvalue weighted by atomic mass is 10.2. The predicted molar refractivity (Wildman–Crippen MR) is 81.1 cm³/mol. The van der Waals surface area contributed by atoms with Crippen LogP contribution in [0.15, 0.2) is 51.8 Å². The summed E-state index contributed by atoms with van der Waals surface area (Å²) in [5.74, 6) is -0.994. The Morgan fingerprint density at radius 2 is 1.81 bits per heavy atom. The number of halogens is 4. The first-order valence-corrected chi connectivity index (χ1v) is 7.28. The van der Waals surface area contributed by atoms with Crippen LogP contribution in [0.4, 0.5) is 17.6 Å². The standard InChI is InChI=1S/C16H11F4N3O3/c17-13(18)15-22-21-14(26-15)10-5-6-23(12(24)7-10)8-9-1-3-11(4-2-9)25-16(19)20/h1-7,13,16H,8H2. The summed E-state index contributed by atoms with van der Waals surface area (Å²) in [4.78, 5) is 12.2. The fourth-order valence-electron chi connectivity index (χ4n) is 2.18. The van der Waals surface area contributed by atoms with Crippen LogP contribution in [0.1, 0.15) is 17.9 Å². The van der Waals surface area contributed by atoms with Gasteiger partial charge in [0.15, 0.2) is 0 Å². The quantitative estimate of drug-likeness (QED) is 0.622. The molecule has 0 unspecified atom stereocenters. The number of ether oxygens (including phenoxy) is 1. The van der Waals surface area contributed by atoms with Crippen LogP contribution in [0.5, 0.6) is 5.75 Å². The summed E-state index contributed by atoms with van der Waals surface area (Å²) < 4.78 is 59.6. The minimum atomic E-state index is -2.91. The van der Waals surface area contributed by atoms with Crippen LogP contribution in [-0.4, -0.2) is 21.4 Å². The SMILES string of the molecule is O=c1cc(-c2nnc(C(F)F)o2)ccn1Cc1ccc(OC(F)F)cc1. The molecule has 0 saturated carbocycles. The van der Waals surface area contributed by atoms with Gasteiger partial charge >= 0.3 is 13.0 Å². The first-order chi connectivity index (χ1) is 12.4. The van der Waals surface area contributed by atoms with Gasteiger partial charge in [-0.2, -0.15) is 17.6 Å². The van der Waals surface area contributed by atoms with Gasteiger partial charge in [-0.25, -0.2) is 0 Å². The molecule has 0 aliphatic rings. The van der Waals surface area contributed by atoms with Crippen LogP contribution in [0, 0.1) is 0 Å². The van der Waals surface area contributed by atoms with Gasteiger partial charge in [0.25, 0.3) is 11.4 Å². The maximum atomic E-state index is 12.5. The van der Waals surface area contributed by atoms with Crippen LogP contribution in [-0.2, 0) is 6.54 Å². The highest BCUT2D eigenvalue weighted by atomic mass is 19.3. The third-order valence-electron chi connectivity index (χ3n) is 3.37. The van der Waals surface area contributed by atoms with Crippen LogP contribution >= 0.6 is 0 Å². The second kappa shape index (κ2) is 7.38. The largest absolute Gasteiger partial charge is 0.435 e. The van der Waals surface area contributed by atoms with Crippen molar-refractivity contribution in [3.8, 4) is 17.2 Å². The highest BCUT2D eigenvalue weighted by molar-refractivity contribution is 5.51. The molecule has 2 heterocycles. The van der Waals surface area contributed by atoms with E-state index in [1.54, 1.807) is 12.1 Å². The summed E-state index contributed by atoms with van der Waals surface area (Å²) in [6, 6.07) is 8.47. The third-order valence-corrected chi connectivity index (χ3v) is 3.37. The Balaban J connectivity index is 1.76. The lowest BCUT2D eigenvalue weighted by molar-refractivity contribution is -0.0498. The minimum Gasteiger partial charge on any atom is -0.435 e. The molecule has 0 radical (unpaired) electrons. The fraction of sp³-hybridized carbons (Fsp3) is 0.188. The molecular weight excluding hydrogens is 358 g/mol. The van der Waals surface area contributed by atoms with Crippen molar-refractivity contribution < 1.29 is 26.7 Å². The molecule has 6 nitrogen and oxygen atoms in total. The summed E-state index contributed by atoms with van der Waals surface area (Å²) in [5, 5.41) is 6.68. The summed E-state index contributed by atoms with van der Waals surface area (Å²) in [7, 11) is 0. The zero-order chi connectivity index (χ0) is 18.7. The van der Waals surface area contributed by atoms with Crippen molar-refractivity contribution in [3.05, 3.63) is 64.4 Å². The van der Waals surface area contributed by atoms with Crippen LogP contribution in [0.25, 0.3) is 11.5 Å². The van der Waals surface area contributed by atoms with E-state index in [-0.39, 0.29) is 23.7 Å². The van der Waals surface area contributed by atoms with E-state index >= 15 is 0 Å². The number of alkyl halides is 4. The van der Waals surface area contributed by atoms with Crippen molar-refractivity contribution in [1.29, 1.82) is 0 Å². The van der Waals surface area contributed by atoms with E-state index in [9.17, 15) is 22.4 Å². The van der Waals surface area contributed by atoms with Crippen LogP contribution in [0.2, 0.25) is 0 Å². The van der Waals surface area contributed by atoms with Gasteiger partial charge in [0.2, 0.25) is 5.89 Å². The number of hydrogen-bond acceptors (Lipinski definition) is 5. The number of pyridine rings is 1. The molecule has 1 aromatic carbocycles. The second-order valence-electron chi connectivity index (χ2n) is 5.15. The molecule has 26 heavy (non-hydrogen) atoms. The molecule has 0 atom stereocenters. The van der Waals surface area contributed by atoms with E-state index in [4.69, 9.17) is 4.42 Å². The summed E-state index contributed by atoms with van der Waals surface area (Å²) in [6.07, 6.45) is -1.46. The smallest absolute Gasteiger partial charge is 0.387 e. The average molecular weight is 369 g/mol. The predicted octanol–water partition coefficient (Wildman–Crippen LogP) is 3.49. The molecule has 136 valence electrons. The van der Waals surface area contributed by atoms with E-state index in [0.717, 1.165) is 0 Å². The topological polar surface area (TPSA) is 70.2 Å². The van der Waals surface area contributed by atoms with Crippen LogP contribution in [0.3, 0.4) is 0 Å². The fourth-order valence-corrected chi connectivity index (χ4v) is 2.18. The monoisotopic (exact) mass is 369 g/mol. The van der Waals surface area contributed by atoms with Gasteiger partial charge in [0, 0.05) is 17.8 Å². The van der Waals surface area contributed by atoms with Gasteiger partial charge < -0.3 is 13.7 Å². The normalized spacial score (nSPS) is 11.3. The summed E-state index contributed by atoms with van der Waals surface area (Å²) in [5.41, 5.74) is 0.470. The molecule has 3 aromatic rings. The van der Waals surface area contributed by atoms with Gasteiger partial charge in [-0.15, -0.1) is 10.2 Å². The molecule has 0 saturated heterocycles. The molecule has 0 amide bonds. The van der Waals surface area contributed by atoms with Crippen LogP contribution < -0.4 is 10.3 Å². The molecule has 0 spiro atoms. The maximum absolute atomic E-state index is 12.5. The molecular formula is C16H11F4N3O3. The molecule has 3 rings (SSSR count). The highest BCUT2D eigenvalue weighted by Crippen LogP contribution is 2.22. The van der Waals surface area contributed by atoms with E-state index in [0.29, 0.717) is 5.56 Å². The van der Waals surface area contributed by atoms with E-state index in [1.165, 1.54) is 35.0 Å². The number of benzene rings is 1. The van der Waals surface area contributed by atoms with Crippen molar-refractivity contribution in [2.24, 2.45) is 0 Å². The molecule has 0 bridgehead atoms. The Hall–Kier alpha value is -3.17. The molecule has 0 aliphatic carbocycles. The Labute approximate surface area is 143 Å². The number of nitrogens with zero attached hydrogens (tertiary/aromatic N) is 3. The first kappa shape index (κ1) is 17.6. The minimum absolute atomic E-state index is 0.0117. The maximum Gasteiger partial charge on any atom is 0.387 e. The number of aromatic nitrogens is 3. The summed E-state index contributed by atoms with van der Waals surface area (Å²) in [6.45, 7) is -2.73. The van der Waals surface area contributed by atoms with Gasteiger partial charge in [-0.05, 0) is 23.8 Å². The van der Waals surface area contributed by atoms with E-state index < -0.39 is 24.5 Å². The second-order valence-corrected chi connectivity index (χ2v) is 5.15. The Kier molecular flexibility index (Phi) is 5.01. The lowest BCUT2D eigenvalue weighted by Gasteiger charge is -2.08. The van der Waals surface area contributed by atoms with E-state index in [2.05, 4.69) is 14.9 Å². The number of rotatable bonds is 6. The Morgan fingerprint density at radius 1 is 1.08 bits per heavy atom. The third kappa shape index (κ3) is 4.08. The highest BCUT2D eigenvalue weighted by Gasteiger charge is 2.17. The summed E-state index contributed by atoms with van der Waals surface area (Å²) >= 11 is 0. The first-order valence-electron chi connectivity index (χ1n) is 7.28. The molecule has 0 N–H and O–H groups in total. The van der Waals surface area contributed by atoms with Crippen molar-refractivity contribution in [2.45, 2.75) is 19.6 Å². The van der Waals surface area contributed by atoms with Crippen molar-refractivity contribution in [1.82, 2.24) is 14.8 Å². The van der Waals surface area contributed by atoms with Gasteiger partial charge in [0.1, 0.15) is 5.75 Å². The Bertz CT molecular complexity index is 938. The van der Waals surface area contributed by atoms with Gasteiger partial charge in [0.05, 0.1) is 6.54 Å². The molecule has 2 aromatic heterocycles. The average Bonchev–Trinajstić information content (AvgIpc) is 3.08.